The maximum atomic E-state index is 12.7. The number of aromatic nitrogens is 2. The molecule has 8 heteroatoms. The molecule has 3 nitrogen and oxygen atoms in total. The summed E-state index contributed by atoms with van der Waals surface area (Å²) in [7, 11) is 0. The minimum atomic E-state index is -4.41. The number of anilines is 2. The average Bonchev–Trinajstić information content (AvgIpc) is 2.30. The van der Waals surface area contributed by atoms with E-state index in [1.54, 1.807) is 6.07 Å². The Bertz CT molecular complexity index is 602. The van der Waals surface area contributed by atoms with E-state index in [-0.39, 0.29) is 4.47 Å². The normalized spacial score (nSPS) is 11.4. The van der Waals surface area contributed by atoms with E-state index in [0.29, 0.717) is 16.1 Å². The first-order valence-electron chi connectivity index (χ1n) is 4.97. The minimum absolute atomic E-state index is 0.00517. The van der Waals surface area contributed by atoms with Crippen LogP contribution < -0.4 is 5.32 Å². The molecule has 1 aromatic heterocycles. The monoisotopic (exact) mass is 395 g/mol. The number of benzene rings is 1. The fraction of sp³-hybridized carbons (Fsp3) is 0.0909. The van der Waals surface area contributed by atoms with Crippen molar-refractivity contribution in [1.29, 1.82) is 0 Å². The summed E-state index contributed by atoms with van der Waals surface area (Å²) in [4.78, 5) is 7.73. The second-order valence-corrected chi connectivity index (χ2v) is 5.21. The average molecular weight is 397 g/mol. The van der Waals surface area contributed by atoms with Gasteiger partial charge in [-0.2, -0.15) is 13.2 Å². The molecule has 0 bridgehead atoms. The van der Waals surface area contributed by atoms with Crippen LogP contribution >= 0.6 is 31.9 Å². The second kappa shape index (κ2) is 5.46. The van der Waals surface area contributed by atoms with Crippen LogP contribution in [0.15, 0.2) is 39.7 Å². The molecule has 2 aromatic rings. The number of hydrogen-bond acceptors (Lipinski definition) is 3. The van der Waals surface area contributed by atoms with Crippen molar-refractivity contribution in [3.8, 4) is 0 Å². The zero-order valence-corrected chi connectivity index (χ0v) is 12.3. The van der Waals surface area contributed by atoms with Gasteiger partial charge in [0.15, 0.2) is 0 Å². The van der Waals surface area contributed by atoms with Crippen LogP contribution in [0.25, 0.3) is 0 Å². The van der Waals surface area contributed by atoms with E-state index in [0.717, 1.165) is 6.07 Å². The van der Waals surface area contributed by atoms with E-state index in [4.69, 9.17) is 0 Å². The van der Waals surface area contributed by atoms with Gasteiger partial charge in [-0.05, 0) is 34.1 Å². The molecular weight excluding hydrogens is 391 g/mol. The van der Waals surface area contributed by atoms with Gasteiger partial charge in [-0.15, -0.1) is 0 Å². The van der Waals surface area contributed by atoms with E-state index in [2.05, 4.69) is 47.1 Å². The molecule has 0 spiro atoms. The lowest BCUT2D eigenvalue weighted by molar-refractivity contribution is -0.138. The van der Waals surface area contributed by atoms with Crippen molar-refractivity contribution < 1.29 is 13.2 Å². The van der Waals surface area contributed by atoms with Gasteiger partial charge in [-0.1, -0.05) is 15.9 Å². The van der Waals surface area contributed by atoms with E-state index < -0.39 is 11.7 Å². The Morgan fingerprint density at radius 3 is 2.42 bits per heavy atom. The summed E-state index contributed by atoms with van der Waals surface area (Å²) in [5.74, 6) is 0.400. The van der Waals surface area contributed by atoms with Crippen LogP contribution in [0.1, 0.15) is 5.56 Å². The van der Waals surface area contributed by atoms with Gasteiger partial charge in [0, 0.05) is 16.2 Å². The van der Waals surface area contributed by atoms with Crippen molar-refractivity contribution in [3.63, 3.8) is 0 Å². The molecular formula is C11H6Br2F3N3. The summed E-state index contributed by atoms with van der Waals surface area (Å²) < 4.78 is 38.8. The summed E-state index contributed by atoms with van der Waals surface area (Å²) in [5.41, 5.74) is -0.452. The Balaban J connectivity index is 2.32. The maximum Gasteiger partial charge on any atom is 0.417 e. The molecule has 0 atom stereocenters. The van der Waals surface area contributed by atoms with Gasteiger partial charge in [0.25, 0.3) is 0 Å². The van der Waals surface area contributed by atoms with Crippen LogP contribution in [-0.4, -0.2) is 9.97 Å². The van der Waals surface area contributed by atoms with Crippen LogP contribution in [-0.2, 0) is 6.18 Å². The molecule has 0 aliphatic carbocycles. The van der Waals surface area contributed by atoms with Crippen LogP contribution in [0, 0.1) is 0 Å². The van der Waals surface area contributed by atoms with Crippen molar-refractivity contribution in [2.24, 2.45) is 0 Å². The molecule has 1 N–H and O–H groups in total. The molecule has 0 amide bonds. The number of nitrogens with zero attached hydrogens (tertiary/aromatic N) is 2. The van der Waals surface area contributed by atoms with E-state index in [9.17, 15) is 13.2 Å². The third kappa shape index (κ3) is 3.66. The van der Waals surface area contributed by atoms with Crippen LogP contribution in [0.3, 0.4) is 0 Å². The Hall–Kier alpha value is -1.15. The van der Waals surface area contributed by atoms with Crippen LogP contribution in [0.5, 0.6) is 0 Å². The Morgan fingerprint density at radius 1 is 1.05 bits per heavy atom. The SMILES string of the molecule is FC(F)(F)c1cc(Nc2cc(Br)ncn2)ccc1Br. The third-order valence-electron chi connectivity index (χ3n) is 2.18. The van der Waals surface area contributed by atoms with Gasteiger partial charge in [-0.25, -0.2) is 9.97 Å². The zero-order valence-electron chi connectivity index (χ0n) is 9.17. The molecule has 19 heavy (non-hydrogen) atoms. The predicted octanol–water partition coefficient (Wildman–Crippen LogP) is 4.76. The van der Waals surface area contributed by atoms with Gasteiger partial charge in [-0.3, -0.25) is 0 Å². The lowest BCUT2D eigenvalue weighted by atomic mass is 10.2. The Kier molecular flexibility index (Phi) is 4.10. The van der Waals surface area contributed by atoms with E-state index in [1.807, 2.05) is 0 Å². The number of nitrogens with one attached hydrogen (secondary N) is 1. The summed E-state index contributed by atoms with van der Waals surface area (Å²) in [5, 5.41) is 2.78. The quantitative estimate of drug-likeness (QED) is 0.743. The highest BCUT2D eigenvalue weighted by Gasteiger charge is 2.33. The Labute approximate surface area is 123 Å². The largest absolute Gasteiger partial charge is 0.417 e. The molecule has 1 aromatic carbocycles. The highest BCUT2D eigenvalue weighted by molar-refractivity contribution is 9.10. The standard InChI is InChI=1S/C11H6Br2F3N3/c12-8-2-1-6(3-7(8)11(14,15)16)19-10-4-9(13)17-5-18-10/h1-5H,(H,17,18,19). The molecule has 100 valence electrons. The summed E-state index contributed by atoms with van der Waals surface area (Å²) in [6.45, 7) is 0. The maximum absolute atomic E-state index is 12.7. The number of hydrogen-bond donors (Lipinski definition) is 1. The fourth-order valence-electron chi connectivity index (χ4n) is 1.37. The van der Waals surface area contributed by atoms with Crippen molar-refractivity contribution in [3.05, 3.63) is 45.2 Å². The van der Waals surface area contributed by atoms with Crippen molar-refractivity contribution in [1.82, 2.24) is 9.97 Å². The van der Waals surface area contributed by atoms with Gasteiger partial charge < -0.3 is 5.32 Å². The van der Waals surface area contributed by atoms with Crippen LogP contribution in [0.4, 0.5) is 24.7 Å². The molecule has 0 radical (unpaired) electrons. The smallest absolute Gasteiger partial charge is 0.340 e. The highest BCUT2D eigenvalue weighted by Crippen LogP contribution is 2.36. The third-order valence-corrected chi connectivity index (χ3v) is 3.30. The van der Waals surface area contributed by atoms with Crippen molar-refractivity contribution >= 4 is 43.4 Å². The predicted molar refractivity (Wildman–Crippen MR) is 72.2 cm³/mol. The second-order valence-electron chi connectivity index (χ2n) is 3.54. The van der Waals surface area contributed by atoms with Gasteiger partial charge in [0.05, 0.1) is 5.56 Å². The first-order chi connectivity index (χ1) is 8.86. The van der Waals surface area contributed by atoms with Gasteiger partial charge >= 0.3 is 6.18 Å². The molecule has 0 saturated heterocycles. The molecule has 1 heterocycles. The summed E-state index contributed by atoms with van der Waals surface area (Å²) >= 11 is 6.04. The van der Waals surface area contributed by atoms with E-state index >= 15 is 0 Å². The van der Waals surface area contributed by atoms with Crippen molar-refractivity contribution in [2.75, 3.05) is 5.32 Å². The first-order valence-corrected chi connectivity index (χ1v) is 6.56. The zero-order chi connectivity index (χ0) is 14.0. The van der Waals surface area contributed by atoms with Gasteiger partial charge in [0.1, 0.15) is 16.7 Å². The van der Waals surface area contributed by atoms with Crippen molar-refractivity contribution in [2.45, 2.75) is 6.18 Å². The molecule has 0 aliphatic heterocycles. The molecule has 0 aliphatic rings. The minimum Gasteiger partial charge on any atom is -0.340 e. The fourth-order valence-corrected chi connectivity index (χ4v) is 2.15. The lowest BCUT2D eigenvalue weighted by Crippen LogP contribution is -2.07. The molecule has 0 fully saturated rings. The molecule has 0 saturated carbocycles. The number of rotatable bonds is 2. The van der Waals surface area contributed by atoms with Crippen LogP contribution in [0.2, 0.25) is 0 Å². The highest BCUT2D eigenvalue weighted by atomic mass is 79.9. The summed E-state index contributed by atoms with van der Waals surface area (Å²) in [6, 6.07) is 5.44. The van der Waals surface area contributed by atoms with Gasteiger partial charge in [0.2, 0.25) is 0 Å². The van der Waals surface area contributed by atoms with E-state index in [1.165, 1.54) is 18.5 Å². The lowest BCUT2D eigenvalue weighted by Gasteiger charge is -2.12. The number of halogens is 5. The molecule has 0 unspecified atom stereocenters. The molecule has 2 rings (SSSR count). The number of alkyl halides is 3. The summed E-state index contributed by atoms with van der Waals surface area (Å²) in [6.07, 6.45) is -3.11. The topological polar surface area (TPSA) is 37.8 Å². The Morgan fingerprint density at radius 2 is 1.79 bits per heavy atom. The first kappa shape index (κ1) is 14.3.